The van der Waals surface area contributed by atoms with Gasteiger partial charge >= 0.3 is 0 Å². The second-order valence-electron chi connectivity index (χ2n) is 4.42. The van der Waals surface area contributed by atoms with Crippen LogP contribution < -0.4 is 10.1 Å². The number of rotatable bonds is 3. The Hall–Kier alpha value is -2.10. The average molecular weight is 241 g/mol. The van der Waals surface area contributed by atoms with Gasteiger partial charge in [-0.25, -0.2) is 9.97 Å². The Morgan fingerprint density at radius 2 is 2.22 bits per heavy atom. The van der Waals surface area contributed by atoms with Crippen LogP contribution in [0.4, 0.5) is 5.82 Å². The Kier molecular flexibility index (Phi) is 2.84. The molecule has 3 rings (SSSR count). The molecule has 18 heavy (non-hydrogen) atoms. The van der Waals surface area contributed by atoms with Crippen molar-refractivity contribution in [2.24, 2.45) is 0 Å². The van der Waals surface area contributed by atoms with E-state index in [2.05, 4.69) is 21.4 Å². The van der Waals surface area contributed by atoms with Gasteiger partial charge in [-0.15, -0.1) is 0 Å². The van der Waals surface area contributed by atoms with Gasteiger partial charge in [-0.1, -0.05) is 18.2 Å². The number of nitrogens with zero attached hydrogens (tertiary/aromatic N) is 2. The van der Waals surface area contributed by atoms with Crippen molar-refractivity contribution in [3.05, 3.63) is 47.9 Å². The summed E-state index contributed by atoms with van der Waals surface area (Å²) in [5.41, 5.74) is 1.28. The minimum absolute atomic E-state index is 0.178. The third kappa shape index (κ3) is 2.27. The zero-order valence-corrected chi connectivity index (χ0v) is 10.3. The average Bonchev–Trinajstić information content (AvgIpc) is 2.79. The highest BCUT2D eigenvalue weighted by Gasteiger charge is 2.21. The first-order valence-electron chi connectivity index (χ1n) is 6.09. The van der Waals surface area contributed by atoms with E-state index in [4.69, 9.17) is 4.74 Å². The molecule has 0 bridgehead atoms. The standard InChI is InChI=1S/C14H15N3O/c1-10-15-7-6-14(17-10)16-9-12-8-11-4-2-3-5-13(11)18-12/h2-7,12H,8-9H2,1H3,(H,15,16,17). The van der Waals surface area contributed by atoms with Crippen LogP contribution in [-0.4, -0.2) is 22.6 Å². The number of ether oxygens (including phenoxy) is 1. The number of aryl methyl sites for hydroxylation is 1. The van der Waals surface area contributed by atoms with Gasteiger partial charge in [0.05, 0.1) is 6.54 Å². The summed E-state index contributed by atoms with van der Waals surface area (Å²) in [5, 5.41) is 3.29. The molecule has 1 aliphatic heterocycles. The van der Waals surface area contributed by atoms with E-state index in [0.717, 1.165) is 30.4 Å². The summed E-state index contributed by atoms with van der Waals surface area (Å²) < 4.78 is 5.85. The van der Waals surface area contributed by atoms with E-state index in [1.54, 1.807) is 6.20 Å². The van der Waals surface area contributed by atoms with Crippen molar-refractivity contribution in [1.82, 2.24) is 9.97 Å². The number of para-hydroxylation sites is 1. The van der Waals surface area contributed by atoms with E-state index in [0.29, 0.717) is 0 Å². The van der Waals surface area contributed by atoms with Crippen molar-refractivity contribution in [3.63, 3.8) is 0 Å². The van der Waals surface area contributed by atoms with Gasteiger partial charge in [0.15, 0.2) is 0 Å². The van der Waals surface area contributed by atoms with E-state index < -0.39 is 0 Å². The fourth-order valence-electron chi connectivity index (χ4n) is 2.14. The molecule has 1 aromatic carbocycles. The van der Waals surface area contributed by atoms with Gasteiger partial charge in [0.25, 0.3) is 0 Å². The van der Waals surface area contributed by atoms with Crippen LogP contribution in [-0.2, 0) is 6.42 Å². The predicted octanol–water partition coefficient (Wildman–Crippen LogP) is 2.20. The fraction of sp³-hybridized carbons (Fsp3) is 0.286. The SMILES string of the molecule is Cc1nccc(NCC2Cc3ccccc3O2)n1. The minimum atomic E-state index is 0.178. The zero-order valence-electron chi connectivity index (χ0n) is 10.3. The summed E-state index contributed by atoms with van der Waals surface area (Å²) >= 11 is 0. The molecule has 0 aliphatic carbocycles. The Bertz CT molecular complexity index is 531. The van der Waals surface area contributed by atoms with Crippen LogP contribution in [0.1, 0.15) is 11.4 Å². The lowest BCUT2D eigenvalue weighted by Gasteiger charge is -2.12. The van der Waals surface area contributed by atoms with Crippen LogP contribution in [0.2, 0.25) is 0 Å². The van der Waals surface area contributed by atoms with E-state index in [1.807, 2.05) is 31.2 Å². The second-order valence-corrected chi connectivity index (χ2v) is 4.42. The van der Waals surface area contributed by atoms with Gasteiger partial charge in [0, 0.05) is 12.6 Å². The highest BCUT2D eigenvalue weighted by atomic mass is 16.5. The van der Waals surface area contributed by atoms with Crippen LogP contribution in [0.3, 0.4) is 0 Å². The van der Waals surface area contributed by atoms with Gasteiger partial charge < -0.3 is 10.1 Å². The maximum Gasteiger partial charge on any atom is 0.129 e. The van der Waals surface area contributed by atoms with E-state index in [9.17, 15) is 0 Å². The van der Waals surface area contributed by atoms with Crippen LogP contribution in [0.15, 0.2) is 36.5 Å². The third-order valence-electron chi connectivity index (χ3n) is 3.00. The van der Waals surface area contributed by atoms with Crippen molar-refractivity contribution < 1.29 is 4.74 Å². The zero-order chi connectivity index (χ0) is 12.4. The number of anilines is 1. The molecule has 2 heterocycles. The third-order valence-corrected chi connectivity index (χ3v) is 3.00. The molecular formula is C14H15N3O. The van der Waals surface area contributed by atoms with Crippen LogP contribution in [0.25, 0.3) is 0 Å². The van der Waals surface area contributed by atoms with Crippen molar-refractivity contribution in [2.45, 2.75) is 19.4 Å². The summed E-state index contributed by atoms with van der Waals surface area (Å²) in [6, 6.07) is 10.1. The first-order chi connectivity index (χ1) is 8.81. The molecule has 0 radical (unpaired) electrons. The molecular weight excluding hydrogens is 226 g/mol. The molecule has 1 aliphatic rings. The molecule has 1 atom stereocenters. The molecule has 1 N–H and O–H groups in total. The van der Waals surface area contributed by atoms with E-state index in [1.165, 1.54) is 5.56 Å². The molecule has 4 heteroatoms. The normalized spacial score (nSPS) is 17.1. The van der Waals surface area contributed by atoms with Crippen molar-refractivity contribution >= 4 is 5.82 Å². The van der Waals surface area contributed by atoms with Crippen molar-refractivity contribution in [1.29, 1.82) is 0 Å². The maximum absolute atomic E-state index is 5.85. The highest BCUT2D eigenvalue weighted by molar-refractivity contribution is 5.39. The number of fused-ring (bicyclic) bond motifs is 1. The predicted molar refractivity (Wildman–Crippen MR) is 69.8 cm³/mol. The summed E-state index contributed by atoms with van der Waals surface area (Å²) in [5.74, 6) is 2.63. The topological polar surface area (TPSA) is 47.0 Å². The van der Waals surface area contributed by atoms with Gasteiger partial charge in [-0.3, -0.25) is 0 Å². The molecule has 2 aromatic rings. The van der Waals surface area contributed by atoms with Gasteiger partial charge in [0.2, 0.25) is 0 Å². The molecule has 92 valence electrons. The van der Waals surface area contributed by atoms with Gasteiger partial charge in [0.1, 0.15) is 23.5 Å². The lowest BCUT2D eigenvalue weighted by Crippen LogP contribution is -2.24. The molecule has 0 spiro atoms. The molecule has 1 unspecified atom stereocenters. The molecule has 0 fully saturated rings. The van der Waals surface area contributed by atoms with E-state index in [-0.39, 0.29) is 6.10 Å². The van der Waals surface area contributed by atoms with Gasteiger partial charge in [-0.05, 0) is 24.6 Å². The molecule has 0 amide bonds. The first kappa shape index (κ1) is 11.0. The highest BCUT2D eigenvalue weighted by Crippen LogP contribution is 2.28. The summed E-state index contributed by atoms with van der Waals surface area (Å²) in [6.07, 6.45) is 2.89. The lowest BCUT2D eigenvalue weighted by atomic mass is 10.1. The first-order valence-corrected chi connectivity index (χ1v) is 6.09. The number of hydrogen-bond acceptors (Lipinski definition) is 4. The largest absolute Gasteiger partial charge is 0.488 e. The quantitative estimate of drug-likeness (QED) is 0.895. The summed E-state index contributed by atoms with van der Waals surface area (Å²) in [7, 11) is 0. The number of hydrogen-bond donors (Lipinski definition) is 1. The minimum Gasteiger partial charge on any atom is -0.488 e. The second kappa shape index (κ2) is 4.64. The lowest BCUT2D eigenvalue weighted by molar-refractivity contribution is 0.246. The number of benzene rings is 1. The van der Waals surface area contributed by atoms with E-state index >= 15 is 0 Å². The molecule has 0 saturated heterocycles. The summed E-state index contributed by atoms with van der Waals surface area (Å²) in [4.78, 5) is 8.38. The molecule has 4 nitrogen and oxygen atoms in total. The molecule has 0 saturated carbocycles. The Morgan fingerprint density at radius 1 is 1.33 bits per heavy atom. The Balaban J connectivity index is 1.60. The summed E-state index contributed by atoms with van der Waals surface area (Å²) in [6.45, 7) is 2.64. The van der Waals surface area contributed by atoms with Crippen LogP contribution >= 0.6 is 0 Å². The van der Waals surface area contributed by atoms with Crippen molar-refractivity contribution in [3.8, 4) is 5.75 Å². The smallest absolute Gasteiger partial charge is 0.129 e. The maximum atomic E-state index is 5.85. The van der Waals surface area contributed by atoms with Crippen LogP contribution in [0, 0.1) is 6.92 Å². The fourth-order valence-corrected chi connectivity index (χ4v) is 2.14. The monoisotopic (exact) mass is 241 g/mol. The Labute approximate surface area is 106 Å². The van der Waals surface area contributed by atoms with Gasteiger partial charge in [-0.2, -0.15) is 0 Å². The number of nitrogens with one attached hydrogen (secondary N) is 1. The Morgan fingerprint density at radius 3 is 3.06 bits per heavy atom. The number of aromatic nitrogens is 2. The van der Waals surface area contributed by atoms with Crippen molar-refractivity contribution in [2.75, 3.05) is 11.9 Å². The van der Waals surface area contributed by atoms with Crippen LogP contribution in [0.5, 0.6) is 5.75 Å². The molecule has 1 aromatic heterocycles.